The molecule has 1 aliphatic rings. The summed E-state index contributed by atoms with van der Waals surface area (Å²) in [5.74, 6) is 0.464. The van der Waals surface area contributed by atoms with Crippen LogP contribution >= 0.6 is 42.6 Å². The lowest BCUT2D eigenvalue weighted by Crippen LogP contribution is -2.11. The SMILES string of the molecule is O=C1CCCCC1.O=P(O)(O)OC(Cl)C(Cl)Cl. The lowest BCUT2D eigenvalue weighted by Gasteiger charge is -2.11. The highest BCUT2D eigenvalue weighted by Gasteiger charge is 2.24. The van der Waals surface area contributed by atoms with E-state index in [9.17, 15) is 9.36 Å². The van der Waals surface area contributed by atoms with Gasteiger partial charge < -0.3 is 9.79 Å². The number of hydrogen-bond acceptors (Lipinski definition) is 3. The van der Waals surface area contributed by atoms with E-state index in [0.29, 0.717) is 5.78 Å². The van der Waals surface area contributed by atoms with Gasteiger partial charge in [-0.3, -0.25) is 9.32 Å². The van der Waals surface area contributed by atoms with E-state index in [4.69, 9.17) is 44.6 Å². The monoisotopic (exact) mass is 326 g/mol. The second-order valence-electron chi connectivity index (χ2n) is 3.38. The van der Waals surface area contributed by atoms with E-state index >= 15 is 0 Å². The minimum Gasteiger partial charge on any atom is -0.303 e. The van der Waals surface area contributed by atoms with Crippen LogP contribution in [0.4, 0.5) is 0 Å². The molecule has 5 nitrogen and oxygen atoms in total. The van der Waals surface area contributed by atoms with E-state index in [-0.39, 0.29) is 0 Å². The highest BCUT2D eigenvalue weighted by atomic mass is 35.5. The summed E-state index contributed by atoms with van der Waals surface area (Å²) in [6.45, 7) is 0. The van der Waals surface area contributed by atoms with Crippen molar-refractivity contribution in [2.24, 2.45) is 0 Å². The Hall–Kier alpha value is 0.650. The molecule has 1 aliphatic carbocycles. The minimum absolute atomic E-state index is 0.464. The molecular weight excluding hydrogens is 313 g/mol. The summed E-state index contributed by atoms with van der Waals surface area (Å²) in [5.41, 5.74) is -1.40. The number of carbonyl (C=O) groups is 1. The maximum absolute atomic E-state index is 10.5. The first-order valence-electron chi connectivity index (χ1n) is 4.90. The summed E-state index contributed by atoms with van der Waals surface area (Å²) >= 11 is 15.3. The van der Waals surface area contributed by atoms with Crippen molar-refractivity contribution in [2.75, 3.05) is 0 Å². The number of ketones is 1. The van der Waals surface area contributed by atoms with Gasteiger partial charge in [0, 0.05) is 12.8 Å². The van der Waals surface area contributed by atoms with E-state index < -0.39 is 18.2 Å². The predicted octanol–water partition coefficient (Wildman–Crippen LogP) is 2.98. The van der Waals surface area contributed by atoms with Crippen LogP contribution in [-0.4, -0.2) is 26.0 Å². The van der Waals surface area contributed by atoms with Crippen molar-refractivity contribution < 1.29 is 23.7 Å². The number of hydrogen-bond donors (Lipinski definition) is 2. The van der Waals surface area contributed by atoms with E-state index in [2.05, 4.69) is 4.52 Å². The second kappa shape index (κ2) is 8.70. The average molecular weight is 328 g/mol. The van der Waals surface area contributed by atoms with Crippen LogP contribution in [0, 0.1) is 0 Å². The smallest absolute Gasteiger partial charge is 0.303 e. The number of phosphoric ester groups is 1. The van der Waals surface area contributed by atoms with Crippen molar-refractivity contribution in [3.05, 3.63) is 0 Å². The average Bonchev–Trinajstić information content (AvgIpc) is 2.17. The largest absolute Gasteiger partial charge is 0.471 e. The molecule has 0 aromatic carbocycles. The third-order valence-electron chi connectivity index (χ3n) is 1.85. The molecule has 102 valence electrons. The molecule has 2 N–H and O–H groups in total. The zero-order valence-electron chi connectivity index (χ0n) is 8.89. The van der Waals surface area contributed by atoms with Gasteiger partial charge in [0.05, 0.1) is 0 Å². The number of halogens is 3. The van der Waals surface area contributed by atoms with Crippen LogP contribution in [0.1, 0.15) is 32.1 Å². The van der Waals surface area contributed by atoms with Crippen molar-refractivity contribution in [3.63, 3.8) is 0 Å². The molecule has 0 bridgehead atoms. The molecule has 1 fully saturated rings. The molecular formula is C8H14Cl3O5P. The highest BCUT2D eigenvalue weighted by Crippen LogP contribution is 2.40. The highest BCUT2D eigenvalue weighted by molar-refractivity contribution is 7.46. The Bertz CT molecular complexity index is 272. The summed E-state index contributed by atoms with van der Waals surface area (Å²) in [6.07, 6.45) is 5.24. The van der Waals surface area contributed by atoms with Crippen molar-refractivity contribution in [2.45, 2.75) is 42.5 Å². The molecule has 0 aromatic rings. The van der Waals surface area contributed by atoms with Crippen LogP contribution < -0.4 is 0 Å². The number of Topliss-reactive ketones (excluding diaryl/α,β-unsaturated/α-hetero) is 1. The fraction of sp³-hybridized carbons (Fsp3) is 0.875. The van der Waals surface area contributed by atoms with Crippen LogP contribution in [0.5, 0.6) is 0 Å². The first kappa shape index (κ1) is 17.6. The van der Waals surface area contributed by atoms with Crippen molar-refractivity contribution in [1.82, 2.24) is 0 Å². The Morgan fingerprint density at radius 3 is 1.76 bits per heavy atom. The molecule has 0 aliphatic heterocycles. The van der Waals surface area contributed by atoms with Gasteiger partial charge in [-0.05, 0) is 12.8 Å². The Balaban J connectivity index is 0.000000318. The van der Waals surface area contributed by atoms with Crippen molar-refractivity contribution in [3.8, 4) is 0 Å². The standard InChI is InChI=1S/C6H10O.C2H4Cl3O4P/c7-6-4-2-1-3-5-6;3-1(4)2(5)9-10(6,7)8/h1-5H2;1-2H,(H2,6,7,8). The van der Waals surface area contributed by atoms with Gasteiger partial charge >= 0.3 is 7.82 Å². The molecule has 0 radical (unpaired) electrons. The van der Waals surface area contributed by atoms with E-state index in [1.165, 1.54) is 6.42 Å². The van der Waals surface area contributed by atoms with Gasteiger partial charge in [0.15, 0.2) is 5.56 Å². The van der Waals surface area contributed by atoms with Crippen LogP contribution in [-0.2, 0) is 13.9 Å². The zero-order valence-corrected chi connectivity index (χ0v) is 12.1. The molecule has 0 spiro atoms. The molecule has 9 heteroatoms. The third-order valence-corrected chi connectivity index (χ3v) is 3.53. The molecule has 0 saturated heterocycles. The molecule has 1 rings (SSSR count). The van der Waals surface area contributed by atoms with Crippen LogP contribution in [0.15, 0.2) is 0 Å². The van der Waals surface area contributed by atoms with Gasteiger partial charge in [-0.2, -0.15) is 0 Å². The normalized spacial score (nSPS) is 18.6. The Labute approximate surface area is 115 Å². The zero-order chi connectivity index (χ0) is 13.5. The van der Waals surface area contributed by atoms with E-state index in [1.807, 2.05) is 0 Å². The summed E-state index contributed by atoms with van der Waals surface area (Å²) in [7, 11) is -4.58. The molecule has 0 amide bonds. The number of phosphoric acid groups is 1. The number of alkyl halides is 3. The molecule has 1 saturated carbocycles. The van der Waals surface area contributed by atoms with Crippen molar-refractivity contribution in [1.29, 1.82) is 0 Å². The fourth-order valence-electron chi connectivity index (χ4n) is 1.12. The summed E-state index contributed by atoms with van der Waals surface area (Å²) in [4.78, 5) is 25.5. The Morgan fingerprint density at radius 2 is 1.59 bits per heavy atom. The minimum atomic E-state index is -4.58. The fourth-order valence-corrected chi connectivity index (χ4v) is 2.07. The Kier molecular flexibility index (Phi) is 9.03. The molecule has 1 unspecified atom stereocenters. The molecule has 0 aromatic heterocycles. The lowest BCUT2D eigenvalue weighted by atomic mass is 10.00. The van der Waals surface area contributed by atoms with Crippen molar-refractivity contribution >= 4 is 48.4 Å². The molecule has 17 heavy (non-hydrogen) atoms. The van der Waals surface area contributed by atoms with Gasteiger partial charge in [-0.25, -0.2) is 4.57 Å². The summed E-state index contributed by atoms with van der Waals surface area (Å²) in [6, 6.07) is 0. The van der Waals surface area contributed by atoms with Crippen LogP contribution in [0.2, 0.25) is 0 Å². The molecule has 0 heterocycles. The van der Waals surface area contributed by atoms with Crippen LogP contribution in [0.3, 0.4) is 0 Å². The number of rotatable bonds is 3. The third kappa shape index (κ3) is 11.5. The summed E-state index contributed by atoms with van der Waals surface area (Å²) in [5, 5.41) is 0. The first-order chi connectivity index (χ1) is 7.72. The Morgan fingerprint density at radius 1 is 1.12 bits per heavy atom. The van der Waals surface area contributed by atoms with Gasteiger partial charge in [-0.1, -0.05) is 18.0 Å². The summed E-state index contributed by atoms with van der Waals surface area (Å²) < 4.78 is 13.9. The predicted molar refractivity (Wildman–Crippen MR) is 66.4 cm³/mol. The van der Waals surface area contributed by atoms with Gasteiger partial charge in [0.25, 0.3) is 0 Å². The van der Waals surface area contributed by atoms with E-state index in [0.717, 1.165) is 25.7 Å². The maximum atomic E-state index is 10.5. The number of carbonyl (C=O) groups excluding carboxylic acids is 1. The maximum Gasteiger partial charge on any atom is 0.471 e. The topological polar surface area (TPSA) is 83.8 Å². The molecule has 1 atom stereocenters. The van der Waals surface area contributed by atoms with Gasteiger partial charge in [0.2, 0.25) is 0 Å². The quantitative estimate of drug-likeness (QED) is 0.615. The second-order valence-corrected chi connectivity index (χ2v) is 6.17. The van der Waals surface area contributed by atoms with Gasteiger partial charge in [-0.15, -0.1) is 23.2 Å². The lowest BCUT2D eigenvalue weighted by molar-refractivity contribution is -0.120. The van der Waals surface area contributed by atoms with E-state index in [1.54, 1.807) is 0 Å². The first-order valence-corrected chi connectivity index (χ1v) is 7.74. The van der Waals surface area contributed by atoms with Crippen LogP contribution in [0.25, 0.3) is 0 Å². The van der Waals surface area contributed by atoms with Gasteiger partial charge in [0.1, 0.15) is 10.6 Å².